The molecule has 1 amide bonds. The van der Waals surface area contributed by atoms with Crippen LogP contribution >= 0.6 is 0 Å². The topological polar surface area (TPSA) is 79.4 Å². The number of nitrogens with one attached hydrogen (secondary N) is 1. The van der Waals surface area contributed by atoms with Crippen LogP contribution < -0.4 is 0 Å². The lowest BCUT2D eigenvalue weighted by Crippen LogP contribution is -2.40. The van der Waals surface area contributed by atoms with Crippen molar-refractivity contribution in [1.29, 1.82) is 0 Å². The zero-order valence-corrected chi connectivity index (χ0v) is 15.7. The number of carbonyl (C=O) groups excluding carboxylic acids is 1. The van der Waals surface area contributed by atoms with E-state index < -0.39 is 11.9 Å². The number of amides is 1. The number of imidazole rings is 1. The third-order valence-corrected chi connectivity index (χ3v) is 5.61. The highest BCUT2D eigenvalue weighted by atomic mass is 19.1. The minimum Gasteiger partial charge on any atom is -0.458 e. The number of halogens is 1. The maximum atomic E-state index is 13.8. The standard InChI is InChI=1S/C22H16FN5O2/c23-14-5-8-28-17(10-14)15(11-26-28)22(29)27-7-6-16-20(25-12-24-16)21(27)19-9-13-3-1-2-4-18(13)30-19/h1-5,8-12,21H,6-7H2,(H,24,25)/t21-/m1/s1. The Morgan fingerprint density at radius 2 is 2.13 bits per heavy atom. The van der Waals surface area contributed by atoms with Crippen LogP contribution in [0.3, 0.4) is 0 Å². The van der Waals surface area contributed by atoms with Gasteiger partial charge in [-0.15, -0.1) is 0 Å². The number of aromatic amines is 1. The molecule has 0 fully saturated rings. The number of pyridine rings is 1. The molecule has 1 N–H and O–H groups in total. The molecular weight excluding hydrogens is 385 g/mol. The van der Waals surface area contributed by atoms with E-state index in [9.17, 15) is 9.18 Å². The molecular formula is C22H16FN5O2. The Balaban J connectivity index is 1.49. The average Bonchev–Trinajstić information content (AvgIpc) is 3.49. The summed E-state index contributed by atoms with van der Waals surface area (Å²) in [4.78, 5) is 23.0. The maximum Gasteiger partial charge on any atom is 0.258 e. The molecule has 4 aromatic heterocycles. The van der Waals surface area contributed by atoms with Crippen LogP contribution in [0.4, 0.5) is 4.39 Å². The van der Waals surface area contributed by atoms with Crippen molar-refractivity contribution in [3.05, 3.63) is 89.7 Å². The van der Waals surface area contributed by atoms with Crippen molar-refractivity contribution in [2.45, 2.75) is 12.5 Å². The van der Waals surface area contributed by atoms with Gasteiger partial charge in [-0.3, -0.25) is 4.79 Å². The Bertz CT molecular complexity index is 1380. The van der Waals surface area contributed by atoms with Crippen molar-refractivity contribution < 1.29 is 13.6 Å². The summed E-state index contributed by atoms with van der Waals surface area (Å²) in [6, 6.07) is 11.8. The van der Waals surface area contributed by atoms with E-state index in [0.29, 0.717) is 29.8 Å². The van der Waals surface area contributed by atoms with Crippen LogP contribution in [0, 0.1) is 5.82 Å². The van der Waals surface area contributed by atoms with Gasteiger partial charge in [0, 0.05) is 36.3 Å². The highest BCUT2D eigenvalue weighted by Gasteiger charge is 2.37. The van der Waals surface area contributed by atoms with Gasteiger partial charge in [0.2, 0.25) is 0 Å². The van der Waals surface area contributed by atoms with Crippen molar-refractivity contribution in [3.63, 3.8) is 0 Å². The summed E-state index contributed by atoms with van der Waals surface area (Å²) >= 11 is 0. The van der Waals surface area contributed by atoms with Gasteiger partial charge in [0.1, 0.15) is 23.2 Å². The lowest BCUT2D eigenvalue weighted by molar-refractivity contribution is 0.0675. The average molecular weight is 401 g/mol. The fraction of sp³-hybridized carbons (Fsp3) is 0.136. The van der Waals surface area contributed by atoms with Gasteiger partial charge in [-0.05, 0) is 18.2 Å². The Morgan fingerprint density at radius 1 is 1.23 bits per heavy atom. The number of hydrogen-bond donors (Lipinski definition) is 1. The summed E-state index contributed by atoms with van der Waals surface area (Å²) in [5, 5.41) is 5.16. The second kappa shape index (κ2) is 6.28. The van der Waals surface area contributed by atoms with Crippen molar-refractivity contribution in [2.75, 3.05) is 6.54 Å². The molecule has 1 atom stereocenters. The van der Waals surface area contributed by atoms with Gasteiger partial charge in [-0.25, -0.2) is 13.9 Å². The maximum absolute atomic E-state index is 13.8. The predicted molar refractivity (Wildman–Crippen MR) is 107 cm³/mol. The minimum absolute atomic E-state index is 0.241. The van der Waals surface area contributed by atoms with Gasteiger partial charge in [-0.1, -0.05) is 18.2 Å². The molecule has 0 spiro atoms. The van der Waals surface area contributed by atoms with Crippen LogP contribution in [0.25, 0.3) is 16.5 Å². The van der Waals surface area contributed by atoms with Gasteiger partial charge in [-0.2, -0.15) is 5.10 Å². The van der Waals surface area contributed by atoms with Crippen LogP contribution in [-0.2, 0) is 6.42 Å². The van der Waals surface area contributed by atoms with E-state index in [1.165, 1.54) is 29.0 Å². The number of carbonyl (C=O) groups is 1. The Hall–Kier alpha value is -3.94. The third kappa shape index (κ3) is 2.46. The molecule has 0 unspecified atom stereocenters. The number of hydrogen-bond acceptors (Lipinski definition) is 4. The first-order chi connectivity index (χ1) is 14.7. The molecule has 0 radical (unpaired) electrons. The van der Waals surface area contributed by atoms with Gasteiger partial charge >= 0.3 is 0 Å². The van der Waals surface area contributed by atoms with Gasteiger partial charge in [0.25, 0.3) is 5.91 Å². The zero-order valence-electron chi connectivity index (χ0n) is 15.7. The molecule has 0 saturated heterocycles. The number of nitrogens with zero attached hydrogens (tertiary/aromatic N) is 4. The molecule has 0 bridgehead atoms. The molecule has 6 rings (SSSR count). The summed E-state index contributed by atoms with van der Waals surface area (Å²) in [6.07, 6.45) is 5.26. The molecule has 1 aromatic carbocycles. The van der Waals surface area contributed by atoms with Crippen LogP contribution in [0.5, 0.6) is 0 Å². The van der Waals surface area contributed by atoms with Crippen LogP contribution in [0.2, 0.25) is 0 Å². The molecule has 1 aliphatic heterocycles. The molecule has 1 aliphatic rings. The smallest absolute Gasteiger partial charge is 0.258 e. The molecule has 148 valence electrons. The number of rotatable bonds is 2. The molecule has 0 saturated carbocycles. The Morgan fingerprint density at radius 3 is 3.03 bits per heavy atom. The SMILES string of the molecule is O=C(c1cnn2ccc(F)cc12)N1CCc2[nH]cnc2[C@H]1c1cc2ccccc2o1. The van der Waals surface area contributed by atoms with Crippen molar-refractivity contribution in [1.82, 2.24) is 24.5 Å². The van der Waals surface area contributed by atoms with Gasteiger partial charge in [0.05, 0.1) is 29.3 Å². The van der Waals surface area contributed by atoms with Crippen LogP contribution in [-0.4, -0.2) is 36.9 Å². The first-order valence-electron chi connectivity index (χ1n) is 9.63. The number of fused-ring (bicyclic) bond motifs is 3. The first-order valence-corrected chi connectivity index (χ1v) is 9.63. The number of benzene rings is 1. The van der Waals surface area contributed by atoms with E-state index >= 15 is 0 Å². The monoisotopic (exact) mass is 401 g/mol. The lowest BCUT2D eigenvalue weighted by atomic mass is 9.99. The fourth-order valence-electron chi connectivity index (χ4n) is 4.20. The second-order valence-electron chi connectivity index (χ2n) is 7.34. The molecule has 5 aromatic rings. The predicted octanol–water partition coefficient (Wildman–Crippen LogP) is 3.73. The largest absolute Gasteiger partial charge is 0.458 e. The Labute approximate surface area is 169 Å². The second-order valence-corrected chi connectivity index (χ2v) is 7.34. The van der Waals surface area contributed by atoms with E-state index in [1.54, 1.807) is 11.2 Å². The molecule has 7 nitrogen and oxygen atoms in total. The summed E-state index contributed by atoms with van der Waals surface area (Å²) in [5.41, 5.74) is 3.26. The molecule has 0 aliphatic carbocycles. The van der Waals surface area contributed by atoms with Gasteiger partial charge in [0.15, 0.2) is 0 Å². The molecule has 8 heteroatoms. The van der Waals surface area contributed by atoms with Crippen LogP contribution in [0.15, 0.2) is 65.6 Å². The summed E-state index contributed by atoms with van der Waals surface area (Å²) in [7, 11) is 0. The summed E-state index contributed by atoms with van der Waals surface area (Å²) in [5.74, 6) is -0.0194. The third-order valence-electron chi connectivity index (χ3n) is 5.61. The van der Waals surface area contributed by atoms with E-state index in [-0.39, 0.29) is 5.91 Å². The van der Waals surface area contributed by atoms with Crippen molar-refractivity contribution >= 4 is 22.4 Å². The van der Waals surface area contributed by atoms with Crippen molar-refractivity contribution in [3.8, 4) is 0 Å². The number of H-pyrrole nitrogens is 1. The number of aromatic nitrogens is 4. The van der Waals surface area contributed by atoms with E-state index in [2.05, 4.69) is 15.1 Å². The highest BCUT2D eigenvalue weighted by molar-refractivity contribution is 6.01. The normalized spacial score (nSPS) is 16.3. The first kappa shape index (κ1) is 17.0. The zero-order chi connectivity index (χ0) is 20.2. The van der Waals surface area contributed by atoms with Crippen LogP contribution in [0.1, 0.15) is 33.5 Å². The van der Waals surface area contributed by atoms with E-state index in [1.807, 2.05) is 30.3 Å². The number of para-hydroxylation sites is 1. The quantitative estimate of drug-likeness (QED) is 0.489. The Kier molecular flexibility index (Phi) is 3.55. The summed E-state index contributed by atoms with van der Waals surface area (Å²) < 4.78 is 21.4. The number of furan rings is 1. The van der Waals surface area contributed by atoms with Crippen molar-refractivity contribution in [2.24, 2.45) is 0 Å². The highest BCUT2D eigenvalue weighted by Crippen LogP contribution is 2.37. The fourth-order valence-corrected chi connectivity index (χ4v) is 4.20. The van der Waals surface area contributed by atoms with Gasteiger partial charge < -0.3 is 14.3 Å². The molecule has 30 heavy (non-hydrogen) atoms. The van der Waals surface area contributed by atoms with E-state index in [0.717, 1.165) is 22.4 Å². The van der Waals surface area contributed by atoms with E-state index in [4.69, 9.17) is 4.42 Å². The lowest BCUT2D eigenvalue weighted by Gasteiger charge is -2.33. The minimum atomic E-state index is -0.483. The molecule has 5 heterocycles. The summed E-state index contributed by atoms with van der Waals surface area (Å²) in [6.45, 7) is 0.475.